The molecule has 1 N–H and O–H groups in total. The Hall–Kier alpha value is -3.07. The molecule has 0 fully saturated rings. The van der Waals surface area contributed by atoms with Gasteiger partial charge in [-0.2, -0.15) is 0 Å². The molecule has 3 aromatic rings. The first-order valence-corrected chi connectivity index (χ1v) is 9.64. The van der Waals surface area contributed by atoms with Crippen molar-refractivity contribution in [1.82, 2.24) is 5.32 Å². The maximum Gasteiger partial charge on any atom is 0.228 e. The number of carbonyl (C=O) groups is 1. The second-order valence-electron chi connectivity index (χ2n) is 7.26. The Labute approximate surface area is 167 Å². The van der Waals surface area contributed by atoms with E-state index in [0.29, 0.717) is 0 Å². The molecule has 0 aliphatic rings. The summed E-state index contributed by atoms with van der Waals surface area (Å²) in [5.41, 5.74) is 3.11. The molecule has 0 bridgehead atoms. The molecule has 28 heavy (non-hydrogen) atoms. The largest absolute Gasteiger partial charge is 0.497 e. The molecule has 3 heteroatoms. The Bertz CT molecular complexity index is 873. The highest BCUT2D eigenvalue weighted by atomic mass is 16.5. The second-order valence-corrected chi connectivity index (χ2v) is 7.26. The van der Waals surface area contributed by atoms with Crippen LogP contribution in [0, 0.1) is 5.92 Å². The van der Waals surface area contributed by atoms with Crippen LogP contribution in [0.5, 0.6) is 5.75 Å². The maximum absolute atomic E-state index is 13.3. The summed E-state index contributed by atoms with van der Waals surface area (Å²) in [5.74, 6) is 0.817. The molecule has 0 spiro atoms. The smallest absolute Gasteiger partial charge is 0.228 e. The molecular formula is C25H27NO2. The summed E-state index contributed by atoms with van der Waals surface area (Å²) in [5, 5.41) is 3.29. The fourth-order valence-electron chi connectivity index (χ4n) is 3.53. The van der Waals surface area contributed by atoms with Crippen LogP contribution in [0.15, 0.2) is 84.9 Å². The van der Waals surface area contributed by atoms with Gasteiger partial charge >= 0.3 is 0 Å². The first kappa shape index (κ1) is 19.7. The number of hydrogen-bond donors (Lipinski definition) is 1. The zero-order valence-electron chi connectivity index (χ0n) is 16.6. The second kappa shape index (κ2) is 9.23. The van der Waals surface area contributed by atoms with Crippen molar-refractivity contribution in [2.45, 2.75) is 25.8 Å². The van der Waals surface area contributed by atoms with Crippen molar-refractivity contribution in [2.24, 2.45) is 5.92 Å². The summed E-state index contributed by atoms with van der Waals surface area (Å²) in [4.78, 5) is 13.3. The van der Waals surface area contributed by atoms with Crippen molar-refractivity contribution >= 4 is 5.91 Å². The van der Waals surface area contributed by atoms with E-state index in [4.69, 9.17) is 4.74 Å². The van der Waals surface area contributed by atoms with E-state index in [-0.39, 0.29) is 23.8 Å². The normalized spacial score (nSPS) is 13.0. The quantitative estimate of drug-likeness (QED) is 0.607. The molecule has 0 aliphatic carbocycles. The minimum Gasteiger partial charge on any atom is -0.497 e. The molecule has 144 valence electrons. The standard InChI is InChI=1S/C25H27NO2/c1-18(2)23(19-10-6-4-7-11-19)25(27)26-24(20-12-8-5-9-13-20)21-14-16-22(28-3)17-15-21/h4-18,23-24H,1-3H3,(H,26,27)/t23-,24+/m1/s1. The molecule has 2 atom stereocenters. The van der Waals surface area contributed by atoms with Crippen LogP contribution in [-0.2, 0) is 4.79 Å². The van der Waals surface area contributed by atoms with Crippen LogP contribution in [0.2, 0.25) is 0 Å². The molecule has 0 saturated heterocycles. The van der Waals surface area contributed by atoms with Gasteiger partial charge in [0, 0.05) is 0 Å². The highest BCUT2D eigenvalue weighted by Crippen LogP contribution is 2.29. The SMILES string of the molecule is COc1ccc([C@@H](NC(=O)[C@@H](c2ccccc2)C(C)C)c2ccccc2)cc1. The first-order valence-electron chi connectivity index (χ1n) is 9.64. The van der Waals surface area contributed by atoms with Crippen LogP contribution in [0.3, 0.4) is 0 Å². The number of benzene rings is 3. The summed E-state index contributed by atoms with van der Waals surface area (Å²) in [6.45, 7) is 4.17. The monoisotopic (exact) mass is 373 g/mol. The van der Waals surface area contributed by atoms with E-state index in [0.717, 1.165) is 22.4 Å². The molecule has 3 aromatic carbocycles. The summed E-state index contributed by atoms with van der Waals surface area (Å²) in [6, 6.07) is 27.7. The van der Waals surface area contributed by atoms with Gasteiger partial charge in [-0.3, -0.25) is 4.79 Å². The maximum atomic E-state index is 13.3. The highest BCUT2D eigenvalue weighted by molar-refractivity contribution is 5.84. The van der Waals surface area contributed by atoms with Crippen LogP contribution in [0.4, 0.5) is 0 Å². The number of carbonyl (C=O) groups excluding carboxylic acids is 1. The number of methoxy groups -OCH3 is 1. The van der Waals surface area contributed by atoms with Crippen molar-refractivity contribution in [3.05, 3.63) is 102 Å². The lowest BCUT2D eigenvalue weighted by Gasteiger charge is -2.26. The number of hydrogen-bond acceptors (Lipinski definition) is 2. The summed E-state index contributed by atoms with van der Waals surface area (Å²) >= 11 is 0. The average molecular weight is 373 g/mol. The molecular weight excluding hydrogens is 346 g/mol. The molecule has 0 saturated carbocycles. The van der Waals surface area contributed by atoms with Gasteiger partial charge in [-0.15, -0.1) is 0 Å². The van der Waals surface area contributed by atoms with Crippen molar-refractivity contribution in [1.29, 1.82) is 0 Å². The van der Waals surface area contributed by atoms with Crippen molar-refractivity contribution < 1.29 is 9.53 Å². The predicted octanol–water partition coefficient (Wildman–Crippen LogP) is 5.34. The van der Waals surface area contributed by atoms with Gasteiger partial charge in [0.25, 0.3) is 0 Å². The Balaban J connectivity index is 1.93. The summed E-state index contributed by atoms with van der Waals surface area (Å²) < 4.78 is 5.28. The molecule has 0 heterocycles. The van der Waals surface area contributed by atoms with Gasteiger partial charge in [0.1, 0.15) is 5.75 Å². The van der Waals surface area contributed by atoms with Crippen molar-refractivity contribution in [3.63, 3.8) is 0 Å². The van der Waals surface area contributed by atoms with Gasteiger partial charge in [-0.25, -0.2) is 0 Å². The van der Waals surface area contributed by atoms with Gasteiger partial charge in [0.15, 0.2) is 0 Å². The van der Waals surface area contributed by atoms with E-state index in [1.165, 1.54) is 0 Å². The molecule has 0 aromatic heterocycles. The van der Waals surface area contributed by atoms with Crippen LogP contribution in [-0.4, -0.2) is 13.0 Å². The third-order valence-electron chi connectivity index (χ3n) is 4.98. The third kappa shape index (κ3) is 4.61. The van der Waals surface area contributed by atoms with E-state index in [9.17, 15) is 4.79 Å². The van der Waals surface area contributed by atoms with Gasteiger partial charge in [-0.1, -0.05) is 86.6 Å². The van der Waals surface area contributed by atoms with E-state index in [2.05, 4.69) is 19.2 Å². The topological polar surface area (TPSA) is 38.3 Å². The van der Waals surface area contributed by atoms with Gasteiger partial charge < -0.3 is 10.1 Å². The Kier molecular flexibility index (Phi) is 6.49. The lowest BCUT2D eigenvalue weighted by molar-refractivity contribution is -0.124. The van der Waals surface area contributed by atoms with Gasteiger partial charge in [-0.05, 0) is 34.7 Å². The number of nitrogens with one attached hydrogen (secondary N) is 1. The Morgan fingerprint density at radius 1 is 0.750 bits per heavy atom. The minimum absolute atomic E-state index is 0.0332. The highest BCUT2D eigenvalue weighted by Gasteiger charge is 2.27. The van der Waals surface area contributed by atoms with Crippen molar-refractivity contribution in [2.75, 3.05) is 7.11 Å². The number of ether oxygens (including phenoxy) is 1. The molecule has 0 aliphatic heterocycles. The van der Waals surface area contributed by atoms with Crippen LogP contribution < -0.4 is 10.1 Å². The van der Waals surface area contributed by atoms with E-state index < -0.39 is 0 Å². The Morgan fingerprint density at radius 2 is 1.25 bits per heavy atom. The zero-order chi connectivity index (χ0) is 19.9. The van der Waals surface area contributed by atoms with Crippen molar-refractivity contribution in [3.8, 4) is 5.75 Å². The average Bonchev–Trinajstić information content (AvgIpc) is 2.73. The number of rotatable bonds is 7. The number of amides is 1. The van der Waals surface area contributed by atoms with Gasteiger partial charge in [0.05, 0.1) is 19.1 Å². The van der Waals surface area contributed by atoms with E-state index in [1.54, 1.807) is 7.11 Å². The molecule has 3 rings (SSSR count). The Morgan fingerprint density at radius 3 is 1.75 bits per heavy atom. The van der Waals surface area contributed by atoms with E-state index >= 15 is 0 Å². The summed E-state index contributed by atoms with van der Waals surface area (Å²) in [7, 11) is 1.65. The fraction of sp³-hybridized carbons (Fsp3) is 0.240. The first-order chi connectivity index (χ1) is 13.6. The van der Waals surface area contributed by atoms with Crippen LogP contribution in [0.1, 0.15) is 42.5 Å². The fourth-order valence-corrected chi connectivity index (χ4v) is 3.53. The zero-order valence-corrected chi connectivity index (χ0v) is 16.6. The van der Waals surface area contributed by atoms with E-state index in [1.807, 2.05) is 84.9 Å². The predicted molar refractivity (Wildman–Crippen MR) is 113 cm³/mol. The lowest BCUT2D eigenvalue weighted by atomic mass is 9.87. The van der Waals surface area contributed by atoms with Gasteiger partial charge in [0.2, 0.25) is 5.91 Å². The van der Waals surface area contributed by atoms with Crippen LogP contribution >= 0.6 is 0 Å². The molecule has 0 unspecified atom stereocenters. The summed E-state index contributed by atoms with van der Waals surface area (Å²) in [6.07, 6.45) is 0. The molecule has 0 radical (unpaired) electrons. The molecule has 1 amide bonds. The third-order valence-corrected chi connectivity index (χ3v) is 4.98. The lowest BCUT2D eigenvalue weighted by Crippen LogP contribution is -2.35. The van der Waals surface area contributed by atoms with Crippen LogP contribution in [0.25, 0.3) is 0 Å². The molecule has 3 nitrogen and oxygen atoms in total. The minimum atomic E-state index is -0.218.